The number of methoxy groups -OCH3 is 1. The van der Waals surface area contributed by atoms with Gasteiger partial charge in [-0.1, -0.05) is 0 Å². The standard InChI is InChI=1S/C10H12F3NO/c1-6-3-7(11)9(8(4-6)15-2)10(12,13)5-14/h3-4H,5,14H2,1-2H3. The van der Waals surface area contributed by atoms with E-state index in [9.17, 15) is 13.2 Å². The van der Waals surface area contributed by atoms with Crippen LogP contribution in [0.1, 0.15) is 11.1 Å². The molecule has 0 saturated carbocycles. The molecule has 1 rings (SSSR count). The van der Waals surface area contributed by atoms with Crippen molar-refractivity contribution in [3.8, 4) is 5.75 Å². The number of ether oxygens (including phenoxy) is 1. The van der Waals surface area contributed by atoms with Crippen molar-refractivity contribution in [2.45, 2.75) is 12.8 Å². The van der Waals surface area contributed by atoms with Crippen LogP contribution in [0.5, 0.6) is 5.75 Å². The van der Waals surface area contributed by atoms with Gasteiger partial charge in [-0.15, -0.1) is 0 Å². The van der Waals surface area contributed by atoms with Crippen LogP contribution in [0, 0.1) is 12.7 Å². The lowest BCUT2D eigenvalue weighted by molar-refractivity contribution is 0.0000170. The van der Waals surface area contributed by atoms with Crippen molar-refractivity contribution in [2.24, 2.45) is 5.73 Å². The first kappa shape index (κ1) is 11.8. The summed E-state index contributed by atoms with van der Waals surface area (Å²) in [6.07, 6.45) is 0. The molecule has 84 valence electrons. The number of aryl methyl sites for hydroxylation is 1. The van der Waals surface area contributed by atoms with Crippen LogP contribution in [0.4, 0.5) is 13.2 Å². The molecule has 0 fully saturated rings. The summed E-state index contributed by atoms with van der Waals surface area (Å²) in [5.74, 6) is -4.59. The summed E-state index contributed by atoms with van der Waals surface area (Å²) in [6.45, 7) is 0.638. The Hall–Kier alpha value is -1.23. The molecule has 15 heavy (non-hydrogen) atoms. The van der Waals surface area contributed by atoms with Crippen LogP contribution in [0.3, 0.4) is 0 Å². The summed E-state index contributed by atoms with van der Waals surface area (Å²) < 4.78 is 44.6. The van der Waals surface area contributed by atoms with Gasteiger partial charge in [0.2, 0.25) is 0 Å². The molecule has 0 aliphatic carbocycles. The zero-order valence-electron chi connectivity index (χ0n) is 8.48. The fourth-order valence-corrected chi connectivity index (χ4v) is 1.33. The van der Waals surface area contributed by atoms with Crippen LogP contribution in [-0.4, -0.2) is 13.7 Å². The maximum atomic E-state index is 13.4. The molecule has 5 heteroatoms. The normalized spacial score (nSPS) is 11.6. The van der Waals surface area contributed by atoms with Crippen molar-refractivity contribution in [2.75, 3.05) is 13.7 Å². The van der Waals surface area contributed by atoms with Gasteiger partial charge in [-0.25, -0.2) is 4.39 Å². The van der Waals surface area contributed by atoms with Crippen LogP contribution in [0.2, 0.25) is 0 Å². The molecule has 0 unspecified atom stereocenters. The molecular weight excluding hydrogens is 207 g/mol. The van der Waals surface area contributed by atoms with Crippen molar-refractivity contribution in [1.29, 1.82) is 0 Å². The number of rotatable bonds is 3. The highest BCUT2D eigenvalue weighted by molar-refractivity contribution is 5.41. The van der Waals surface area contributed by atoms with Gasteiger partial charge in [0.1, 0.15) is 11.6 Å². The minimum Gasteiger partial charge on any atom is -0.496 e. The van der Waals surface area contributed by atoms with E-state index in [-0.39, 0.29) is 5.75 Å². The van der Waals surface area contributed by atoms with Gasteiger partial charge < -0.3 is 10.5 Å². The quantitative estimate of drug-likeness (QED) is 0.845. The first-order valence-corrected chi connectivity index (χ1v) is 4.35. The molecule has 0 atom stereocenters. The van der Waals surface area contributed by atoms with Crippen LogP contribution in [0.25, 0.3) is 0 Å². The van der Waals surface area contributed by atoms with Crippen molar-refractivity contribution < 1.29 is 17.9 Å². The molecule has 0 radical (unpaired) electrons. The molecule has 0 saturated heterocycles. The van der Waals surface area contributed by atoms with Crippen molar-refractivity contribution in [1.82, 2.24) is 0 Å². The highest BCUT2D eigenvalue weighted by atomic mass is 19.3. The lowest BCUT2D eigenvalue weighted by Gasteiger charge is -2.18. The minimum absolute atomic E-state index is 0.178. The molecule has 1 aromatic carbocycles. The van der Waals surface area contributed by atoms with Gasteiger partial charge >= 0.3 is 0 Å². The lowest BCUT2D eigenvalue weighted by Crippen LogP contribution is -2.27. The highest BCUT2D eigenvalue weighted by Crippen LogP contribution is 2.36. The van der Waals surface area contributed by atoms with Gasteiger partial charge in [-0.3, -0.25) is 0 Å². The largest absolute Gasteiger partial charge is 0.496 e. The first-order chi connectivity index (χ1) is 6.92. The topological polar surface area (TPSA) is 35.2 Å². The van der Waals surface area contributed by atoms with Crippen molar-refractivity contribution in [3.05, 3.63) is 29.1 Å². The Morgan fingerprint density at radius 2 is 2.00 bits per heavy atom. The molecule has 0 aliphatic heterocycles. The van der Waals surface area contributed by atoms with Crippen LogP contribution in [0.15, 0.2) is 12.1 Å². The Kier molecular flexibility index (Phi) is 3.24. The first-order valence-electron chi connectivity index (χ1n) is 4.35. The minimum atomic E-state index is -3.41. The smallest absolute Gasteiger partial charge is 0.291 e. The van der Waals surface area contributed by atoms with E-state index in [1.54, 1.807) is 6.92 Å². The second-order valence-corrected chi connectivity index (χ2v) is 3.23. The Morgan fingerprint density at radius 1 is 1.40 bits per heavy atom. The molecule has 0 heterocycles. The van der Waals surface area contributed by atoms with Gasteiger partial charge in [0.05, 0.1) is 19.2 Å². The molecule has 0 amide bonds. The highest BCUT2D eigenvalue weighted by Gasteiger charge is 2.36. The van der Waals surface area contributed by atoms with Gasteiger partial charge in [-0.05, 0) is 24.6 Å². The van der Waals surface area contributed by atoms with Crippen LogP contribution >= 0.6 is 0 Å². The van der Waals surface area contributed by atoms with E-state index in [2.05, 4.69) is 0 Å². The molecule has 0 aliphatic rings. The number of halogens is 3. The van der Waals surface area contributed by atoms with E-state index in [1.165, 1.54) is 13.2 Å². The van der Waals surface area contributed by atoms with E-state index in [4.69, 9.17) is 10.5 Å². The monoisotopic (exact) mass is 219 g/mol. The van der Waals surface area contributed by atoms with Gasteiger partial charge in [0, 0.05) is 0 Å². The third kappa shape index (κ3) is 2.23. The van der Waals surface area contributed by atoms with E-state index >= 15 is 0 Å². The summed E-state index contributed by atoms with van der Waals surface area (Å²) in [5, 5.41) is 0. The summed E-state index contributed by atoms with van der Waals surface area (Å²) in [4.78, 5) is 0. The summed E-state index contributed by atoms with van der Waals surface area (Å²) in [6, 6.07) is 2.38. The van der Waals surface area contributed by atoms with Gasteiger partial charge in [0.15, 0.2) is 0 Å². The molecule has 0 bridgehead atoms. The predicted octanol–water partition coefficient (Wildman–Crippen LogP) is 2.19. The molecule has 0 spiro atoms. The molecule has 2 nitrogen and oxygen atoms in total. The second kappa shape index (κ2) is 4.10. The zero-order valence-corrected chi connectivity index (χ0v) is 8.48. The second-order valence-electron chi connectivity index (χ2n) is 3.23. The Bertz CT molecular complexity index is 366. The number of hydrogen-bond acceptors (Lipinski definition) is 2. The molecule has 1 aromatic rings. The van der Waals surface area contributed by atoms with Crippen molar-refractivity contribution in [3.63, 3.8) is 0 Å². The van der Waals surface area contributed by atoms with Crippen molar-refractivity contribution >= 4 is 0 Å². The number of hydrogen-bond donors (Lipinski definition) is 1. The fraction of sp³-hybridized carbons (Fsp3) is 0.400. The average molecular weight is 219 g/mol. The Morgan fingerprint density at radius 3 is 2.47 bits per heavy atom. The molecule has 2 N–H and O–H groups in total. The lowest BCUT2D eigenvalue weighted by atomic mass is 10.0. The Labute approximate surface area is 85.8 Å². The van der Waals surface area contributed by atoms with Crippen LogP contribution in [-0.2, 0) is 5.92 Å². The summed E-state index contributed by atoms with van der Waals surface area (Å²) in [5.41, 5.74) is 4.63. The average Bonchev–Trinajstić information content (AvgIpc) is 2.15. The maximum Gasteiger partial charge on any atom is 0.291 e. The SMILES string of the molecule is COc1cc(C)cc(F)c1C(F)(F)CN. The number of benzene rings is 1. The van der Waals surface area contributed by atoms with Crippen LogP contribution < -0.4 is 10.5 Å². The maximum absolute atomic E-state index is 13.4. The van der Waals surface area contributed by atoms with Gasteiger partial charge in [-0.2, -0.15) is 8.78 Å². The van der Waals surface area contributed by atoms with Gasteiger partial charge in [0.25, 0.3) is 5.92 Å². The third-order valence-electron chi connectivity index (χ3n) is 2.04. The third-order valence-corrected chi connectivity index (χ3v) is 2.04. The molecule has 0 aromatic heterocycles. The van der Waals surface area contributed by atoms with E-state index in [0.29, 0.717) is 5.56 Å². The van der Waals surface area contributed by atoms with E-state index < -0.39 is 23.8 Å². The number of alkyl halides is 2. The number of nitrogens with two attached hydrogens (primary N) is 1. The van der Waals surface area contributed by atoms with E-state index in [1.807, 2.05) is 0 Å². The van der Waals surface area contributed by atoms with E-state index in [0.717, 1.165) is 6.07 Å². The zero-order chi connectivity index (χ0) is 11.6. The summed E-state index contributed by atoms with van der Waals surface area (Å²) in [7, 11) is 1.21. The fourth-order valence-electron chi connectivity index (χ4n) is 1.33. The Balaban J connectivity index is 3.39. The summed E-state index contributed by atoms with van der Waals surface area (Å²) >= 11 is 0. The molecular formula is C10H12F3NO. The predicted molar refractivity (Wildman–Crippen MR) is 50.6 cm³/mol.